The molecule has 2 rings (SSSR count). The molecule has 1 heterocycles. The number of nitrogens with one attached hydrogen (secondary N) is 1. The average molecular weight is 263 g/mol. The molecule has 0 unspecified atom stereocenters. The van der Waals surface area contributed by atoms with E-state index in [0.29, 0.717) is 17.8 Å². The molecule has 19 heavy (non-hydrogen) atoms. The van der Waals surface area contributed by atoms with E-state index in [1.54, 1.807) is 12.4 Å². The van der Waals surface area contributed by atoms with Gasteiger partial charge in [0.25, 0.3) is 0 Å². The summed E-state index contributed by atoms with van der Waals surface area (Å²) in [7, 11) is 0. The van der Waals surface area contributed by atoms with Crippen LogP contribution >= 0.6 is 0 Å². The normalized spacial score (nSPS) is 16.8. The maximum atomic E-state index is 5.79. The predicted molar refractivity (Wildman–Crippen MR) is 76.1 cm³/mol. The Morgan fingerprint density at radius 3 is 2.79 bits per heavy atom. The third kappa shape index (κ3) is 5.15. The molecule has 1 aromatic heterocycles. The van der Waals surface area contributed by atoms with Crippen molar-refractivity contribution in [2.75, 3.05) is 6.61 Å². The number of nitrogens with zero attached hydrogens (tertiary/aromatic N) is 2. The lowest BCUT2D eigenvalue weighted by Crippen LogP contribution is -2.22. The number of hydrogen-bond acceptors (Lipinski definition) is 4. The van der Waals surface area contributed by atoms with Gasteiger partial charge in [-0.25, -0.2) is 4.98 Å². The second-order valence-electron chi connectivity index (χ2n) is 5.70. The zero-order chi connectivity index (χ0) is 13.5. The lowest BCUT2D eigenvalue weighted by molar-refractivity contribution is 0.202. The van der Waals surface area contributed by atoms with Crippen LogP contribution in [0, 0.1) is 5.92 Å². The van der Waals surface area contributed by atoms with Gasteiger partial charge in [0.1, 0.15) is 0 Å². The van der Waals surface area contributed by atoms with Gasteiger partial charge in [-0.2, -0.15) is 0 Å². The highest BCUT2D eigenvalue weighted by atomic mass is 16.5. The first-order valence-electron chi connectivity index (χ1n) is 7.41. The zero-order valence-corrected chi connectivity index (χ0v) is 12.1. The van der Waals surface area contributed by atoms with Gasteiger partial charge < -0.3 is 10.1 Å². The van der Waals surface area contributed by atoms with Gasteiger partial charge in [-0.1, -0.05) is 33.1 Å². The highest BCUT2D eigenvalue weighted by Crippen LogP contribution is 2.24. The van der Waals surface area contributed by atoms with Crippen molar-refractivity contribution < 1.29 is 4.74 Å². The number of aromatic nitrogens is 2. The molecule has 1 N–H and O–H groups in total. The van der Waals surface area contributed by atoms with E-state index in [9.17, 15) is 0 Å². The summed E-state index contributed by atoms with van der Waals surface area (Å²) in [5.74, 6) is 1.36. The van der Waals surface area contributed by atoms with Gasteiger partial charge in [-0.3, -0.25) is 4.98 Å². The second-order valence-corrected chi connectivity index (χ2v) is 5.70. The average Bonchev–Trinajstić information content (AvgIpc) is 2.44. The Bertz CT molecular complexity index is 375. The van der Waals surface area contributed by atoms with Gasteiger partial charge in [0, 0.05) is 18.8 Å². The first kappa shape index (κ1) is 14.3. The van der Waals surface area contributed by atoms with E-state index in [2.05, 4.69) is 29.1 Å². The summed E-state index contributed by atoms with van der Waals surface area (Å²) in [6, 6.07) is 0.452. The van der Waals surface area contributed by atoms with E-state index >= 15 is 0 Å². The van der Waals surface area contributed by atoms with Gasteiger partial charge in [0.05, 0.1) is 18.5 Å². The molecule has 1 aromatic rings. The minimum Gasteiger partial charge on any atom is -0.476 e. The van der Waals surface area contributed by atoms with Crippen molar-refractivity contribution in [3.63, 3.8) is 0 Å². The van der Waals surface area contributed by atoms with Crippen molar-refractivity contribution in [3.05, 3.63) is 18.1 Å². The molecule has 1 aliphatic rings. The summed E-state index contributed by atoms with van der Waals surface area (Å²) < 4.78 is 5.79. The van der Waals surface area contributed by atoms with Crippen LogP contribution in [0.25, 0.3) is 0 Å². The van der Waals surface area contributed by atoms with E-state index in [-0.39, 0.29) is 0 Å². The lowest BCUT2D eigenvalue weighted by Gasteiger charge is -2.21. The van der Waals surface area contributed by atoms with Crippen molar-refractivity contribution in [2.45, 2.75) is 58.5 Å². The second kappa shape index (κ2) is 7.43. The Kier molecular flexibility index (Phi) is 5.58. The number of hydrogen-bond donors (Lipinski definition) is 1. The molecule has 4 heteroatoms. The minimum atomic E-state index is 0.452. The van der Waals surface area contributed by atoms with E-state index in [0.717, 1.165) is 18.8 Å². The van der Waals surface area contributed by atoms with Gasteiger partial charge >= 0.3 is 0 Å². The summed E-state index contributed by atoms with van der Waals surface area (Å²) in [5.41, 5.74) is 0.940. The minimum absolute atomic E-state index is 0.452. The largest absolute Gasteiger partial charge is 0.476 e. The van der Waals surface area contributed by atoms with Crippen LogP contribution in [-0.2, 0) is 6.54 Å². The van der Waals surface area contributed by atoms with Gasteiger partial charge in [-0.05, 0) is 18.8 Å². The molecule has 0 radical (unpaired) electrons. The van der Waals surface area contributed by atoms with E-state index in [1.165, 1.54) is 32.1 Å². The van der Waals surface area contributed by atoms with Crippen molar-refractivity contribution in [1.82, 2.24) is 15.3 Å². The van der Waals surface area contributed by atoms with Crippen molar-refractivity contribution in [2.24, 2.45) is 5.92 Å². The summed E-state index contributed by atoms with van der Waals surface area (Å²) in [6.07, 6.45) is 10.2. The van der Waals surface area contributed by atoms with Crippen LogP contribution in [0.3, 0.4) is 0 Å². The number of ether oxygens (including phenoxy) is 1. The Labute approximate surface area is 116 Å². The molecule has 0 saturated heterocycles. The quantitative estimate of drug-likeness (QED) is 0.857. The first-order valence-corrected chi connectivity index (χ1v) is 7.41. The molecule has 0 aromatic carbocycles. The maximum Gasteiger partial charge on any atom is 0.232 e. The van der Waals surface area contributed by atoms with Crippen LogP contribution in [-0.4, -0.2) is 22.6 Å². The summed E-state index contributed by atoms with van der Waals surface area (Å²) in [6.45, 7) is 5.77. The van der Waals surface area contributed by atoms with Crippen molar-refractivity contribution in [3.8, 4) is 5.88 Å². The van der Waals surface area contributed by atoms with Crippen LogP contribution in [0.5, 0.6) is 5.88 Å². The Morgan fingerprint density at radius 1 is 1.26 bits per heavy atom. The third-order valence-corrected chi connectivity index (χ3v) is 3.55. The van der Waals surface area contributed by atoms with E-state index in [1.807, 2.05) is 0 Å². The zero-order valence-electron chi connectivity index (χ0n) is 12.1. The van der Waals surface area contributed by atoms with Crippen molar-refractivity contribution >= 4 is 0 Å². The van der Waals surface area contributed by atoms with Crippen molar-refractivity contribution in [1.29, 1.82) is 0 Å². The van der Waals surface area contributed by atoms with Gasteiger partial charge in [0.15, 0.2) is 0 Å². The molecule has 0 amide bonds. The SMILES string of the molecule is CC(C)NCc1cncc(OCC2CCCCC2)n1. The van der Waals surface area contributed by atoms with E-state index in [4.69, 9.17) is 4.74 Å². The predicted octanol–water partition coefficient (Wildman–Crippen LogP) is 2.93. The molecule has 4 nitrogen and oxygen atoms in total. The Hall–Kier alpha value is -1.16. The van der Waals surface area contributed by atoms with Crippen LogP contribution in [0.2, 0.25) is 0 Å². The molecule has 0 atom stereocenters. The fourth-order valence-electron chi connectivity index (χ4n) is 2.41. The fourth-order valence-corrected chi connectivity index (χ4v) is 2.41. The molecule has 1 saturated carbocycles. The first-order chi connectivity index (χ1) is 9.24. The van der Waals surface area contributed by atoms with Crippen LogP contribution < -0.4 is 10.1 Å². The third-order valence-electron chi connectivity index (χ3n) is 3.55. The van der Waals surface area contributed by atoms with E-state index < -0.39 is 0 Å². The highest BCUT2D eigenvalue weighted by Gasteiger charge is 2.14. The monoisotopic (exact) mass is 263 g/mol. The molecule has 0 spiro atoms. The molecular weight excluding hydrogens is 238 g/mol. The molecule has 0 aliphatic heterocycles. The summed E-state index contributed by atoms with van der Waals surface area (Å²) >= 11 is 0. The molecule has 1 fully saturated rings. The number of rotatable bonds is 6. The highest BCUT2D eigenvalue weighted by molar-refractivity contribution is 5.08. The lowest BCUT2D eigenvalue weighted by atomic mass is 9.90. The smallest absolute Gasteiger partial charge is 0.232 e. The van der Waals surface area contributed by atoms with Crippen LogP contribution in [0.15, 0.2) is 12.4 Å². The van der Waals surface area contributed by atoms with Crippen LogP contribution in [0.1, 0.15) is 51.6 Å². The Morgan fingerprint density at radius 2 is 2.05 bits per heavy atom. The standard InChI is InChI=1S/C15H25N3O/c1-12(2)17-9-14-8-16-10-15(18-14)19-11-13-6-4-3-5-7-13/h8,10,12-13,17H,3-7,9,11H2,1-2H3. The molecule has 106 valence electrons. The Balaban J connectivity index is 1.80. The summed E-state index contributed by atoms with van der Waals surface area (Å²) in [4.78, 5) is 8.68. The van der Waals surface area contributed by atoms with Crippen LogP contribution in [0.4, 0.5) is 0 Å². The maximum absolute atomic E-state index is 5.79. The van der Waals surface area contributed by atoms with Gasteiger partial charge in [0.2, 0.25) is 5.88 Å². The van der Waals surface area contributed by atoms with Gasteiger partial charge in [-0.15, -0.1) is 0 Å². The molecular formula is C15H25N3O. The topological polar surface area (TPSA) is 47.0 Å². The molecule has 0 bridgehead atoms. The molecule has 1 aliphatic carbocycles. The fraction of sp³-hybridized carbons (Fsp3) is 0.733. The summed E-state index contributed by atoms with van der Waals surface area (Å²) in [5, 5.41) is 3.34.